The quantitative estimate of drug-likeness (QED) is 0.871. The van der Waals surface area contributed by atoms with Crippen LogP contribution in [-0.2, 0) is 11.3 Å². The van der Waals surface area contributed by atoms with Gasteiger partial charge in [0.2, 0.25) is 5.91 Å². The van der Waals surface area contributed by atoms with Crippen LogP contribution < -0.4 is 5.32 Å². The highest BCUT2D eigenvalue weighted by atomic mass is 35.5. The molecule has 2 aromatic carbocycles. The first-order valence-corrected chi connectivity index (χ1v) is 8.18. The molecule has 0 bridgehead atoms. The summed E-state index contributed by atoms with van der Waals surface area (Å²) in [5.41, 5.74) is 1.48. The van der Waals surface area contributed by atoms with Crippen molar-refractivity contribution in [3.8, 4) is 0 Å². The molecule has 0 fully saturated rings. The van der Waals surface area contributed by atoms with Crippen LogP contribution in [0.2, 0.25) is 5.02 Å². The smallest absolute Gasteiger partial charge is 0.251 e. The Balaban J connectivity index is 1.87. The van der Waals surface area contributed by atoms with Crippen LogP contribution in [0.5, 0.6) is 0 Å². The Morgan fingerprint density at radius 2 is 1.71 bits per heavy atom. The highest BCUT2D eigenvalue weighted by Gasteiger charge is 2.16. The number of nitrogens with zero attached hydrogens (tertiary/aromatic N) is 1. The van der Waals surface area contributed by atoms with Crippen LogP contribution in [0.15, 0.2) is 54.6 Å². The monoisotopic (exact) mass is 344 g/mol. The second kappa shape index (κ2) is 8.50. The summed E-state index contributed by atoms with van der Waals surface area (Å²) in [6.07, 6.45) is 0.236. The van der Waals surface area contributed by atoms with Gasteiger partial charge < -0.3 is 10.2 Å². The Morgan fingerprint density at radius 1 is 1.08 bits per heavy atom. The van der Waals surface area contributed by atoms with Crippen molar-refractivity contribution in [2.75, 3.05) is 7.05 Å². The van der Waals surface area contributed by atoms with Gasteiger partial charge in [0.25, 0.3) is 5.91 Å². The van der Waals surface area contributed by atoms with Gasteiger partial charge in [-0.25, -0.2) is 0 Å². The molecule has 0 heterocycles. The molecular formula is C19H21ClN2O2. The first-order valence-electron chi connectivity index (χ1n) is 7.80. The van der Waals surface area contributed by atoms with Crippen molar-refractivity contribution >= 4 is 23.4 Å². The predicted molar refractivity (Wildman–Crippen MR) is 95.9 cm³/mol. The second-order valence-electron chi connectivity index (χ2n) is 5.79. The lowest BCUT2D eigenvalue weighted by atomic mass is 10.1. The number of amides is 2. The summed E-state index contributed by atoms with van der Waals surface area (Å²) in [5.74, 6) is -0.222. The van der Waals surface area contributed by atoms with Gasteiger partial charge in [-0.05, 0) is 30.7 Å². The summed E-state index contributed by atoms with van der Waals surface area (Å²) >= 11 is 6.12. The van der Waals surface area contributed by atoms with Crippen LogP contribution in [0.4, 0.5) is 0 Å². The third kappa shape index (κ3) is 5.10. The maximum absolute atomic E-state index is 12.3. The minimum absolute atomic E-state index is 0.0456. The van der Waals surface area contributed by atoms with Gasteiger partial charge in [-0.3, -0.25) is 9.59 Å². The van der Waals surface area contributed by atoms with E-state index >= 15 is 0 Å². The Morgan fingerprint density at radius 3 is 2.38 bits per heavy atom. The molecule has 0 spiro atoms. The van der Waals surface area contributed by atoms with Crippen molar-refractivity contribution in [1.82, 2.24) is 10.2 Å². The largest absolute Gasteiger partial charge is 0.349 e. The number of carbonyl (C=O) groups excluding carboxylic acids is 2. The number of rotatable bonds is 6. The van der Waals surface area contributed by atoms with Gasteiger partial charge in [0.15, 0.2) is 0 Å². The zero-order chi connectivity index (χ0) is 17.5. The molecule has 0 aliphatic carbocycles. The summed E-state index contributed by atoms with van der Waals surface area (Å²) < 4.78 is 0. The highest BCUT2D eigenvalue weighted by molar-refractivity contribution is 6.31. The lowest BCUT2D eigenvalue weighted by Gasteiger charge is -2.21. The van der Waals surface area contributed by atoms with Gasteiger partial charge in [0.05, 0.1) is 0 Å². The Labute approximate surface area is 147 Å². The van der Waals surface area contributed by atoms with Crippen molar-refractivity contribution in [2.45, 2.75) is 25.9 Å². The number of hydrogen-bond acceptors (Lipinski definition) is 2. The van der Waals surface area contributed by atoms with E-state index in [0.29, 0.717) is 17.1 Å². The number of halogens is 1. The molecule has 0 aliphatic heterocycles. The summed E-state index contributed by atoms with van der Waals surface area (Å²) in [6.45, 7) is 2.26. The maximum atomic E-state index is 12.3. The molecule has 1 unspecified atom stereocenters. The van der Waals surface area contributed by atoms with Crippen LogP contribution in [0.3, 0.4) is 0 Å². The molecule has 126 valence electrons. The van der Waals surface area contributed by atoms with Gasteiger partial charge in [0.1, 0.15) is 0 Å². The predicted octanol–water partition coefficient (Wildman–Crippen LogP) is 3.51. The lowest BCUT2D eigenvalue weighted by Crippen LogP contribution is -2.37. The number of benzene rings is 2. The van der Waals surface area contributed by atoms with Crippen LogP contribution in [0, 0.1) is 0 Å². The van der Waals surface area contributed by atoms with E-state index in [1.54, 1.807) is 30.1 Å². The van der Waals surface area contributed by atoms with Crippen LogP contribution in [0.1, 0.15) is 29.3 Å². The molecule has 5 heteroatoms. The molecule has 0 saturated carbocycles. The van der Waals surface area contributed by atoms with E-state index in [1.807, 2.05) is 43.3 Å². The molecule has 2 rings (SSSR count). The lowest BCUT2D eigenvalue weighted by molar-refractivity contribution is -0.130. The topological polar surface area (TPSA) is 49.4 Å². The van der Waals surface area contributed by atoms with E-state index in [-0.39, 0.29) is 24.3 Å². The fraction of sp³-hybridized carbons (Fsp3) is 0.263. The first kappa shape index (κ1) is 18.0. The Bertz CT molecular complexity index is 704. The molecule has 1 atom stereocenters. The molecule has 0 aliphatic rings. The van der Waals surface area contributed by atoms with Crippen LogP contribution in [-0.4, -0.2) is 29.8 Å². The van der Waals surface area contributed by atoms with Crippen molar-refractivity contribution in [3.63, 3.8) is 0 Å². The Hall–Kier alpha value is -2.33. The normalized spacial score (nSPS) is 11.6. The molecule has 1 N–H and O–H groups in total. The average Bonchev–Trinajstić information content (AvgIpc) is 2.57. The molecule has 0 saturated heterocycles. The molecule has 0 aromatic heterocycles. The minimum atomic E-state index is -0.251. The summed E-state index contributed by atoms with van der Waals surface area (Å²) in [7, 11) is 1.73. The van der Waals surface area contributed by atoms with Crippen LogP contribution in [0.25, 0.3) is 0 Å². The zero-order valence-corrected chi connectivity index (χ0v) is 14.6. The van der Waals surface area contributed by atoms with Crippen molar-refractivity contribution in [3.05, 3.63) is 70.7 Å². The fourth-order valence-electron chi connectivity index (χ4n) is 2.34. The van der Waals surface area contributed by atoms with Gasteiger partial charge in [-0.15, -0.1) is 0 Å². The van der Waals surface area contributed by atoms with Crippen molar-refractivity contribution in [1.29, 1.82) is 0 Å². The van der Waals surface area contributed by atoms with Gasteiger partial charge in [-0.1, -0.05) is 48.0 Å². The van der Waals surface area contributed by atoms with E-state index in [4.69, 9.17) is 11.6 Å². The number of hydrogen-bond donors (Lipinski definition) is 1. The summed E-state index contributed by atoms with van der Waals surface area (Å²) in [5, 5.41) is 3.49. The van der Waals surface area contributed by atoms with E-state index in [9.17, 15) is 9.59 Å². The molecule has 2 amide bonds. The maximum Gasteiger partial charge on any atom is 0.251 e. The molecule has 0 radical (unpaired) electrons. The van der Waals surface area contributed by atoms with Crippen molar-refractivity contribution < 1.29 is 9.59 Å². The van der Waals surface area contributed by atoms with E-state index in [2.05, 4.69) is 5.32 Å². The first-order chi connectivity index (χ1) is 11.5. The minimum Gasteiger partial charge on any atom is -0.349 e. The second-order valence-corrected chi connectivity index (χ2v) is 6.19. The third-order valence-electron chi connectivity index (χ3n) is 3.69. The highest BCUT2D eigenvalue weighted by Crippen LogP contribution is 2.16. The SMILES string of the molecule is CC(CC(=O)N(C)Cc1ccccc1Cl)NC(=O)c1ccccc1. The molecular weight excluding hydrogens is 324 g/mol. The standard InChI is InChI=1S/C19H21ClN2O2/c1-14(21-19(24)15-8-4-3-5-9-15)12-18(23)22(2)13-16-10-6-7-11-17(16)20/h3-11,14H,12-13H2,1-2H3,(H,21,24). The van der Waals surface area contributed by atoms with Gasteiger partial charge in [-0.2, -0.15) is 0 Å². The van der Waals surface area contributed by atoms with E-state index < -0.39 is 0 Å². The molecule has 4 nitrogen and oxygen atoms in total. The zero-order valence-electron chi connectivity index (χ0n) is 13.8. The number of carbonyl (C=O) groups is 2. The van der Waals surface area contributed by atoms with E-state index in [0.717, 1.165) is 5.56 Å². The molecule has 2 aromatic rings. The Kier molecular flexibility index (Phi) is 6.38. The average molecular weight is 345 g/mol. The van der Waals surface area contributed by atoms with E-state index in [1.165, 1.54) is 0 Å². The molecule has 24 heavy (non-hydrogen) atoms. The van der Waals surface area contributed by atoms with Crippen LogP contribution >= 0.6 is 11.6 Å². The third-order valence-corrected chi connectivity index (χ3v) is 4.05. The van der Waals surface area contributed by atoms with Gasteiger partial charge >= 0.3 is 0 Å². The summed E-state index contributed by atoms with van der Waals surface area (Å²) in [4.78, 5) is 26.0. The fourth-order valence-corrected chi connectivity index (χ4v) is 2.53. The summed E-state index contributed by atoms with van der Waals surface area (Å²) in [6, 6.07) is 16.2. The van der Waals surface area contributed by atoms with Gasteiger partial charge in [0, 0.05) is 36.6 Å². The number of nitrogens with one attached hydrogen (secondary N) is 1. The van der Waals surface area contributed by atoms with Crippen molar-refractivity contribution in [2.24, 2.45) is 0 Å².